The van der Waals surface area contributed by atoms with Crippen molar-refractivity contribution < 1.29 is 12.8 Å². The van der Waals surface area contributed by atoms with Crippen LogP contribution >= 0.6 is 0 Å². The van der Waals surface area contributed by atoms with E-state index >= 15 is 0 Å². The van der Waals surface area contributed by atoms with Gasteiger partial charge in [0.25, 0.3) is 0 Å². The summed E-state index contributed by atoms with van der Waals surface area (Å²) < 4.78 is 37.4. The molecular weight excluding hydrogens is 255 g/mol. The van der Waals surface area contributed by atoms with Crippen LogP contribution in [0.15, 0.2) is 52.5 Å². The lowest BCUT2D eigenvalue weighted by atomic mass is 10.3. The molecule has 0 saturated heterocycles. The number of nitrogens with two attached hydrogens (primary N) is 1. The minimum Gasteiger partial charge on any atom is -0.326 e. The van der Waals surface area contributed by atoms with Crippen LogP contribution in [0.5, 0.6) is 0 Å². The molecule has 0 spiro atoms. The Balaban J connectivity index is 2.58. The van der Waals surface area contributed by atoms with Gasteiger partial charge in [0, 0.05) is 24.5 Å². The van der Waals surface area contributed by atoms with Gasteiger partial charge in [0.15, 0.2) is 0 Å². The summed E-state index contributed by atoms with van der Waals surface area (Å²) in [5.74, 6) is -0.484. The summed E-state index contributed by atoms with van der Waals surface area (Å²) in [6.45, 7) is 0.0730. The maximum absolute atomic E-state index is 12.8. The summed E-state index contributed by atoms with van der Waals surface area (Å²) >= 11 is 0. The van der Waals surface area contributed by atoms with E-state index in [0.717, 1.165) is 12.1 Å². The van der Waals surface area contributed by atoms with Gasteiger partial charge in [0.2, 0.25) is 9.84 Å². The molecule has 0 unspecified atom stereocenters. The predicted molar refractivity (Wildman–Crippen MR) is 64.0 cm³/mol. The quantitative estimate of drug-likeness (QED) is 0.855. The summed E-state index contributed by atoms with van der Waals surface area (Å²) in [6, 6.07) is 6.06. The number of pyridine rings is 1. The van der Waals surface area contributed by atoms with E-state index in [0.29, 0.717) is 5.56 Å². The third-order valence-electron chi connectivity index (χ3n) is 2.49. The van der Waals surface area contributed by atoms with Crippen LogP contribution in [-0.2, 0) is 16.4 Å². The number of hydrogen-bond acceptors (Lipinski definition) is 4. The van der Waals surface area contributed by atoms with E-state index in [1.54, 1.807) is 0 Å². The van der Waals surface area contributed by atoms with Gasteiger partial charge in [-0.3, -0.25) is 4.98 Å². The first-order valence-electron chi connectivity index (χ1n) is 5.19. The minimum absolute atomic E-state index is 0.0322. The summed E-state index contributed by atoms with van der Waals surface area (Å²) in [5.41, 5.74) is 5.92. The Morgan fingerprint density at radius 1 is 1.17 bits per heavy atom. The third kappa shape index (κ3) is 2.25. The van der Waals surface area contributed by atoms with E-state index in [1.807, 2.05) is 0 Å². The fourth-order valence-corrected chi connectivity index (χ4v) is 3.04. The van der Waals surface area contributed by atoms with E-state index in [1.165, 1.54) is 30.6 Å². The molecule has 0 bridgehead atoms. The lowest BCUT2D eigenvalue weighted by Crippen LogP contribution is -2.09. The number of hydrogen-bond donors (Lipinski definition) is 1. The first-order valence-corrected chi connectivity index (χ1v) is 6.67. The zero-order valence-electron chi connectivity index (χ0n) is 9.38. The van der Waals surface area contributed by atoms with Crippen molar-refractivity contribution in [2.75, 3.05) is 0 Å². The molecule has 0 aliphatic carbocycles. The number of rotatable bonds is 3. The van der Waals surface area contributed by atoms with E-state index in [-0.39, 0.29) is 16.3 Å². The maximum Gasteiger partial charge on any atom is 0.207 e. The fourth-order valence-electron chi connectivity index (χ4n) is 1.57. The van der Waals surface area contributed by atoms with Crippen molar-refractivity contribution in [3.8, 4) is 0 Å². The Bertz CT molecular complexity index is 654. The molecule has 2 N–H and O–H groups in total. The lowest BCUT2D eigenvalue weighted by molar-refractivity contribution is 0.593. The zero-order valence-corrected chi connectivity index (χ0v) is 10.2. The summed E-state index contributed by atoms with van der Waals surface area (Å²) in [7, 11) is -3.69. The highest BCUT2D eigenvalue weighted by atomic mass is 32.2. The van der Waals surface area contributed by atoms with Gasteiger partial charge < -0.3 is 5.73 Å². The van der Waals surface area contributed by atoms with Crippen molar-refractivity contribution in [2.24, 2.45) is 5.73 Å². The third-order valence-corrected chi connectivity index (χ3v) is 4.36. The van der Waals surface area contributed by atoms with Crippen molar-refractivity contribution in [1.82, 2.24) is 4.98 Å². The van der Waals surface area contributed by atoms with Crippen molar-refractivity contribution in [3.05, 3.63) is 54.1 Å². The zero-order chi connectivity index (χ0) is 13.2. The standard InChI is InChI=1S/C12H11FN2O2S/c13-10-1-3-11(4-2-10)18(16,17)12-5-6-15-8-9(12)7-14/h1-6,8H,7,14H2. The summed E-state index contributed by atoms with van der Waals surface area (Å²) in [4.78, 5) is 3.97. The SMILES string of the molecule is NCc1cnccc1S(=O)(=O)c1ccc(F)cc1. The van der Waals surface area contributed by atoms with E-state index in [2.05, 4.69) is 4.98 Å². The second-order valence-electron chi connectivity index (χ2n) is 3.64. The molecular formula is C12H11FN2O2S. The summed E-state index contributed by atoms with van der Waals surface area (Å²) in [5, 5.41) is 0. The van der Waals surface area contributed by atoms with Gasteiger partial charge >= 0.3 is 0 Å². The predicted octanol–water partition coefficient (Wildman–Crippen LogP) is 1.51. The number of halogens is 1. The maximum atomic E-state index is 12.8. The van der Waals surface area contributed by atoms with Crippen LogP contribution in [0.4, 0.5) is 4.39 Å². The van der Waals surface area contributed by atoms with Crippen molar-refractivity contribution in [2.45, 2.75) is 16.3 Å². The first kappa shape index (κ1) is 12.7. The summed E-state index contributed by atoms with van der Waals surface area (Å²) in [6.07, 6.45) is 2.80. The van der Waals surface area contributed by atoms with Crippen molar-refractivity contribution >= 4 is 9.84 Å². The molecule has 0 atom stereocenters. The molecule has 0 radical (unpaired) electrons. The Morgan fingerprint density at radius 2 is 1.83 bits per heavy atom. The van der Waals surface area contributed by atoms with Gasteiger partial charge in [-0.25, -0.2) is 12.8 Å². The van der Waals surface area contributed by atoms with E-state index in [4.69, 9.17) is 5.73 Å². The molecule has 2 rings (SSSR count). The van der Waals surface area contributed by atoms with Gasteiger partial charge in [0.1, 0.15) is 5.82 Å². The molecule has 0 saturated carbocycles. The Morgan fingerprint density at radius 3 is 2.44 bits per heavy atom. The molecule has 1 aromatic heterocycles. The van der Waals surface area contributed by atoms with E-state index in [9.17, 15) is 12.8 Å². The average molecular weight is 266 g/mol. The van der Waals surface area contributed by atoms with Crippen LogP contribution in [0.1, 0.15) is 5.56 Å². The Kier molecular flexibility index (Phi) is 3.40. The largest absolute Gasteiger partial charge is 0.326 e. The van der Waals surface area contributed by atoms with Gasteiger partial charge in [-0.05, 0) is 30.3 Å². The van der Waals surface area contributed by atoms with Crippen LogP contribution in [0.2, 0.25) is 0 Å². The van der Waals surface area contributed by atoms with Crippen LogP contribution < -0.4 is 5.73 Å². The smallest absolute Gasteiger partial charge is 0.207 e. The van der Waals surface area contributed by atoms with Crippen LogP contribution in [0, 0.1) is 5.82 Å². The molecule has 18 heavy (non-hydrogen) atoms. The van der Waals surface area contributed by atoms with Gasteiger partial charge in [-0.2, -0.15) is 0 Å². The highest BCUT2D eigenvalue weighted by Crippen LogP contribution is 2.23. The second-order valence-corrected chi connectivity index (χ2v) is 5.56. The first-order chi connectivity index (χ1) is 8.55. The molecule has 4 nitrogen and oxygen atoms in total. The molecule has 0 amide bonds. The molecule has 1 aromatic carbocycles. The molecule has 0 fully saturated rings. The number of benzene rings is 1. The minimum atomic E-state index is -3.69. The number of sulfone groups is 1. The number of aromatic nitrogens is 1. The molecule has 6 heteroatoms. The Hall–Kier alpha value is -1.79. The van der Waals surface area contributed by atoms with Gasteiger partial charge in [0.05, 0.1) is 9.79 Å². The number of nitrogens with zero attached hydrogens (tertiary/aromatic N) is 1. The normalized spacial score (nSPS) is 11.4. The fraction of sp³-hybridized carbons (Fsp3) is 0.0833. The molecule has 94 valence electrons. The van der Waals surface area contributed by atoms with Crippen LogP contribution in [-0.4, -0.2) is 13.4 Å². The molecule has 0 aliphatic rings. The highest BCUT2D eigenvalue weighted by molar-refractivity contribution is 7.91. The lowest BCUT2D eigenvalue weighted by Gasteiger charge is -2.08. The highest BCUT2D eigenvalue weighted by Gasteiger charge is 2.20. The van der Waals surface area contributed by atoms with Crippen LogP contribution in [0.3, 0.4) is 0 Å². The monoisotopic (exact) mass is 266 g/mol. The van der Waals surface area contributed by atoms with E-state index < -0.39 is 15.7 Å². The van der Waals surface area contributed by atoms with Crippen LogP contribution in [0.25, 0.3) is 0 Å². The van der Waals surface area contributed by atoms with Gasteiger partial charge in [-0.1, -0.05) is 0 Å². The second kappa shape index (κ2) is 4.83. The molecule has 2 aromatic rings. The topological polar surface area (TPSA) is 73.0 Å². The molecule has 1 heterocycles. The van der Waals surface area contributed by atoms with Gasteiger partial charge in [-0.15, -0.1) is 0 Å². The Labute approximate surface area is 104 Å². The van der Waals surface area contributed by atoms with Crippen molar-refractivity contribution in [3.63, 3.8) is 0 Å². The van der Waals surface area contributed by atoms with Crippen molar-refractivity contribution in [1.29, 1.82) is 0 Å². The molecule has 0 aliphatic heterocycles. The average Bonchev–Trinajstić information content (AvgIpc) is 2.39.